The lowest BCUT2D eigenvalue weighted by molar-refractivity contribution is 0.0793. The van der Waals surface area contributed by atoms with E-state index in [0.717, 1.165) is 68.5 Å². The summed E-state index contributed by atoms with van der Waals surface area (Å²) in [7, 11) is 0. The number of carbonyl (C=O) groups excluding carboxylic acids is 1. The van der Waals surface area contributed by atoms with E-state index in [9.17, 15) is 9.18 Å². The van der Waals surface area contributed by atoms with Crippen LogP contribution in [0.3, 0.4) is 0 Å². The smallest absolute Gasteiger partial charge is 0.257 e. The van der Waals surface area contributed by atoms with Crippen LogP contribution >= 0.6 is 11.6 Å². The van der Waals surface area contributed by atoms with Crippen LogP contribution in [0.2, 0.25) is 5.02 Å². The van der Waals surface area contributed by atoms with Gasteiger partial charge in [-0.2, -0.15) is 0 Å². The zero-order valence-corrected chi connectivity index (χ0v) is 18.9. The lowest BCUT2D eigenvalue weighted by Gasteiger charge is -2.39. The minimum atomic E-state index is -0.320. The number of amides is 1. The van der Waals surface area contributed by atoms with Gasteiger partial charge in [-0.25, -0.2) is 4.39 Å². The first kappa shape index (κ1) is 21.0. The maximum Gasteiger partial charge on any atom is 0.257 e. The molecule has 2 saturated heterocycles. The van der Waals surface area contributed by atoms with Crippen LogP contribution in [-0.2, 0) is 0 Å². The monoisotopic (exact) mass is 452 g/mol. The molecular weight excluding hydrogens is 427 g/mol. The van der Waals surface area contributed by atoms with Gasteiger partial charge in [0, 0.05) is 61.6 Å². The summed E-state index contributed by atoms with van der Waals surface area (Å²) in [6.45, 7) is 6.64. The van der Waals surface area contributed by atoms with Gasteiger partial charge in [0.2, 0.25) is 0 Å². The molecule has 0 radical (unpaired) electrons. The molecule has 0 aliphatic carbocycles. The van der Waals surface area contributed by atoms with E-state index in [1.165, 1.54) is 17.7 Å². The average molecular weight is 453 g/mol. The number of halogens is 2. The third kappa shape index (κ3) is 3.88. The number of benzene rings is 2. The summed E-state index contributed by atoms with van der Waals surface area (Å²) >= 11 is 6.24. The number of carbonyl (C=O) groups is 1. The molecule has 0 atom stereocenters. The Bertz CT molecular complexity index is 1170. The molecule has 3 aromatic rings. The number of piperazine rings is 1. The van der Waals surface area contributed by atoms with Crippen molar-refractivity contribution in [3.8, 4) is 0 Å². The Balaban J connectivity index is 1.50. The number of rotatable bonds is 3. The fraction of sp³-hybridized carbons (Fsp3) is 0.360. The summed E-state index contributed by atoms with van der Waals surface area (Å²) in [5.41, 5.74) is 4.39. The molecule has 2 aliphatic rings. The van der Waals surface area contributed by atoms with Crippen molar-refractivity contribution < 1.29 is 9.18 Å². The molecule has 0 spiro atoms. The Morgan fingerprint density at radius 2 is 1.69 bits per heavy atom. The molecular formula is C25H26ClFN4O. The molecule has 5 rings (SSSR count). The molecule has 2 aliphatic heterocycles. The van der Waals surface area contributed by atoms with Crippen molar-refractivity contribution in [3.05, 3.63) is 64.6 Å². The largest absolute Gasteiger partial charge is 0.368 e. The number of hydrogen-bond acceptors (Lipinski definition) is 4. The standard InChI is InChI=1S/C25H26ClFN4O/c1-17-4-5-18(26)14-23(17)29-10-12-30(13-11-29)24-20-15-19(27)6-7-22(20)28-16-21(24)25(32)31-8-2-3-9-31/h4-7,14-16H,2-3,8-13H2,1H3. The van der Waals surface area contributed by atoms with E-state index < -0.39 is 0 Å². The SMILES string of the molecule is Cc1ccc(Cl)cc1N1CCN(c2c(C(=O)N3CCCC3)cnc3ccc(F)cc23)CC1. The van der Waals surface area contributed by atoms with E-state index >= 15 is 0 Å². The molecule has 1 aromatic heterocycles. The second kappa shape index (κ2) is 8.58. The number of aryl methyl sites for hydroxylation is 1. The fourth-order valence-electron chi connectivity index (χ4n) is 4.83. The molecule has 0 saturated carbocycles. The van der Waals surface area contributed by atoms with Gasteiger partial charge in [0.25, 0.3) is 5.91 Å². The van der Waals surface area contributed by atoms with E-state index in [4.69, 9.17) is 11.6 Å². The van der Waals surface area contributed by atoms with Crippen LogP contribution in [-0.4, -0.2) is 55.1 Å². The summed E-state index contributed by atoms with van der Waals surface area (Å²) in [6.07, 6.45) is 3.71. The predicted octanol–water partition coefficient (Wildman–Crippen LogP) is 4.90. The molecule has 0 N–H and O–H groups in total. The highest BCUT2D eigenvalue weighted by Crippen LogP contribution is 2.34. The minimum Gasteiger partial charge on any atom is -0.368 e. The molecule has 5 nitrogen and oxygen atoms in total. The zero-order chi connectivity index (χ0) is 22.2. The number of pyridine rings is 1. The van der Waals surface area contributed by atoms with Crippen LogP contribution in [0, 0.1) is 12.7 Å². The van der Waals surface area contributed by atoms with Crippen LogP contribution in [0.15, 0.2) is 42.6 Å². The lowest BCUT2D eigenvalue weighted by Crippen LogP contribution is -2.47. The van der Waals surface area contributed by atoms with E-state index in [1.54, 1.807) is 12.3 Å². The van der Waals surface area contributed by atoms with Crippen molar-refractivity contribution in [2.24, 2.45) is 0 Å². The highest BCUT2D eigenvalue weighted by Gasteiger charge is 2.28. The maximum absolute atomic E-state index is 14.2. The highest BCUT2D eigenvalue weighted by atomic mass is 35.5. The summed E-state index contributed by atoms with van der Waals surface area (Å²) in [5.74, 6) is -0.330. The zero-order valence-electron chi connectivity index (χ0n) is 18.2. The first-order chi connectivity index (χ1) is 15.5. The molecule has 3 heterocycles. The number of fused-ring (bicyclic) bond motifs is 1. The van der Waals surface area contributed by atoms with Crippen molar-refractivity contribution in [2.75, 3.05) is 49.1 Å². The van der Waals surface area contributed by atoms with Crippen LogP contribution < -0.4 is 9.80 Å². The number of likely N-dealkylation sites (tertiary alicyclic amines) is 1. The Kier molecular flexibility index (Phi) is 5.64. The number of anilines is 2. The normalized spacial score (nSPS) is 16.8. The van der Waals surface area contributed by atoms with Gasteiger partial charge in [-0.15, -0.1) is 0 Å². The summed E-state index contributed by atoms with van der Waals surface area (Å²) in [4.78, 5) is 24.3. The van der Waals surface area contributed by atoms with Gasteiger partial charge >= 0.3 is 0 Å². The molecule has 1 amide bonds. The number of aromatic nitrogens is 1. The average Bonchev–Trinajstić information content (AvgIpc) is 3.34. The minimum absolute atomic E-state index is 0.00993. The quantitative estimate of drug-likeness (QED) is 0.566. The van der Waals surface area contributed by atoms with E-state index in [-0.39, 0.29) is 11.7 Å². The Morgan fingerprint density at radius 3 is 2.44 bits per heavy atom. The first-order valence-corrected chi connectivity index (χ1v) is 11.5. The van der Waals surface area contributed by atoms with E-state index in [0.29, 0.717) is 16.5 Å². The topological polar surface area (TPSA) is 39.7 Å². The van der Waals surface area contributed by atoms with Crippen molar-refractivity contribution >= 4 is 39.8 Å². The van der Waals surface area contributed by atoms with Gasteiger partial charge in [0.1, 0.15) is 5.82 Å². The Labute approximate surface area is 192 Å². The molecule has 2 aromatic carbocycles. The van der Waals surface area contributed by atoms with Crippen LogP contribution in [0.5, 0.6) is 0 Å². The summed E-state index contributed by atoms with van der Waals surface area (Å²) < 4.78 is 14.2. The van der Waals surface area contributed by atoms with Crippen molar-refractivity contribution in [1.82, 2.24) is 9.88 Å². The van der Waals surface area contributed by atoms with E-state index in [1.807, 2.05) is 23.1 Å². The second-order valence-corrected chi connectivity index (χ2v) is 9.02. The third-order valence-electron chi connectivity index (χ3n) is 6.53. The van der Waals surface area contributed by atoms with Crippen molar-refractivity contribution in [1.29, 1.82) is 0 Å². The Morgan fingerprint density at radius 1 is 0.969 bits per heavy atom. The van der Waals surface area contributed by atoms with Gasteiger partial charge in [-0.05, 0) is 55.7 Å². The summed E-state index contributed by atoms with van der Waals surface area (Å²) in [5, 5.41) is 1.42. The summed E-state index contributed by atoms with van der Waals surface area (Å²) in [6, 6.07) is 10.6. The number of hydrogen-bond donors (Lipinski definition) is 0. The lowest BCUT2D eigenvalue weighted by atomic mass is 10.1. The predicted molar refractivity (Wildman–Crippen MR) is 127 cm³/mol. The van der Waals surface area contributed by atoms with Gasteiger partial charge in [-0.3, -0.25) is 9.78 Å². The van der Waals surface area contributed by atoms with Crippen molar-refractivity contribution in [3.63, 3.8) is 0 Å². The first-order valence-electron chi connectivity index (χ1n) is 11.1. The number of nitrogens with zero attached hydrogens (tertiary/aromatic N) is 4. The fourth-order valence-corrected chi connectivity index (χ4v) is 5.00. The molecule has 7 heteroatoms. The van der Waals surface area contributed by atoms with Gasteiger partial charge < -0.3 is 14.7 Å². The molecule has 0 bridgehead atoms. The van der Waals surface area contributed by atoms with Gasteiger partial charge in [0.05, 0.1) is 16.8 Å². The molecule has 0 unspecified atom stereocenters. The molecule has 32 heavy (non-hydrogen) atoms. The second-order valence-electron chi connectivity index (χ2n) is 8.59. The molecule has 2 fully saturated rings. The van der Waals surface area contributed by atoms with Crippen molar-refractivity contribution in [2.45, 2.75) is 19.8 Å². The van der Waals surface area contributed by atoms with Gasteiger partial charge in [0.15, 0.2) is 0 Å². The highest BCUT2D eigenvalue weighted by molar-refractivity contribution is 6.30. The Hall–Kier alpha value is -2.86. The van der Waals surface area contributed by atoms with Crippen LogP contribution in [0.1, 0.15) is 28.8 Å². The van der Waals surface area contributed by atoms with Crippen LogP contribution in [0.25, 0.3) is 10.9 Å². The molecule has 166 valence electrons. The van der Waals surface area contributed by atoms with Crippen LogP contribution in [0.4, 0.5) is 15.8 Å². The maximum atomic E-state index is 14.2. The van der Waals surface area contributed by atoms with Gasteiger partial charge in [-0.1, -0.05) is 17.7 Å². The van der Waals surface area contributed by atoms with E-state index in [2.05, 4.69) is 21.7 Å². The third-order valence-corrected chi connectivity index (χ3v) is 6.77.